The number of allylic oxidation sites excluding steroid dienone is 2. The van der Waals surface area contributed by atoms with Gasteiger partial charge in [-0.1, -0.05) is 19.1 Å². The predicted molar refractivity (Wildman–Crippen MR) is 122 cm³/mol. The monoisotopic (exact) mass is 436 g/mol. The SMILES string of the molecule is CC12CCC3(F)CC4CC(O)CCC4CC[C@]3(O)C1CC=C2c1ccc2ncncc2c1. The van der Waals surface area contributed by atoms with E-state index in [1.807, 2.05) is 12.3 Å². The van der Waals surface area contributed by atoms with E-state index in [-0.39, 0.29) is 23.4 Å². The molecular weight excluding hydrogens is 403 g/mol. The van der Waals surface area contributed by atoms with E-state index >= 15 is 4.39 Å². The molecule has 2 aromatic rings. The molecule has 2 N–H and O–H groups in total. The van der Waals surface area contributed by atoms with Gasteiger partial charge in [-0.15, -0.1) is 0 Å². The van der Waals surface area contributed by atoms with Gasteiger partial charge in [-0.3, -0.25) is 0 Å². The zero-order chi connectivity index (χ0) is 22.1. The smallest absolute Gasteiger partial charge is 0.140 e. The van der Waals surface area contributed by atoms with Crippen LogP contribution in [0.15, 0.2) is 36.8 Å². The summed E-state index contributed by atoms with van der Waals surface area (Å²) in [6.07, 6.45) is 11.5. The first kappa shape index (κ1) is 20.7. The van der Waals surface area contributed by atoms with Crippen LogP contribution in [0.5, 0.6) is 0 Å². The Bertz CT molecular complexity index is 1090. The van der Waals surface area contributed by atoms with E-state index in [1.165, 1.54) is 5.57 Å². The molecular formula is C27H33FN2O2. The zero-order valence-corrected chi connectivity index (χ0v) is 18.8. The lowest BCUT2D eigenvalue weighted by Crippen LogP contribution is -2.62. The van der Waals surface area contributed by atoms with Crippen molar-refractivity contribution in [2.24, 2.45) is 23.2 Å². The average molecular weight is 437 g/mol. The van der Waals surface area contributed by atoms with Crippen LogP contribution >= 0.6 is 0 Å². The third-order valence-electron chi connectivity index (χ3n) is 9.74. The fourth-order valence-electron chi connectivity index (χ4n) is 7.96. The lowest BCUT2D eigenvalue weighted by molar-refractivity contribution is -0.195. The van der Waals surface area contributed by atoms with Gasteiger partial charge in [0, 0.05) is 17.5 Å². The maximum atomic E-state index is 16.7. The van der Waals surface area contributed by atoms with Gasteiger partial charge in [0.05, 0.1) is 11.6 Å². The fourth-order valence-corrected chi connectivity index (χ4v) is 7.96. The number of halogens is 1. The van der Waals surface area contributed by atoms with E-state index in [9.17, 15) is 10.2 Å². The predicted octanol–water partition coefficient (Wildman–Crippen LogP) is 5.23. The van der Waals surface area contributed by atoms with E-state index < -0.39 is 11.3 Å². The Hall–Kier alpha value is -1.85. The molecule has 3 saturated carbocycles. The average Bonchev–Trinajstić information content (AvgIpc) is 3.09. The van der Waals surface area contributed by atoms with Crippen molar-refractivity contribution in [3.8, 4) is 0 Å². The molecule has 6 unspecified atom stereocenters. The first-order chi connectivity index (χ1) is 15.3. The van der Waals surface area contributed by atoms with Gasteiger partial charge in [0.15, 0.2) is 0 Å². The van der Waals surface area contributed by atoms with Crippen LogP contribution in [0.4, 0.5) is 4.39 Å². The third kappa shape index (κ3) is 2.86. The van der Waals surface area contributed by atoms with Gasteiger partial charge in [-0.25, -0.2) is 14.4 Å². The van der Waals surface area contributed by atoms with Crippen molar-refractivity contribution in [3.05, 3.63) is 42.4 Å². The summed E-state index contributed by atoms with van der Waals surface area (Å²) >= 11 is 0. The zero-order valence-electron chi connectivity index (χ0n) is 18.8. The van der Waals surface area contributed by atoms with Crippen molar-refractivity contribution in [3.63, 3.8) is 0 Å². The molecule has 0 radical (unpaired) electrons. The first-order valence-corrected chi connectivity index (χ1v) is 12.3. The molecule has 0 spiro atoms. The van der Waals surface area contributed by atoms with Gasteiger partial charge in [0.1, 0.15) is 17.6 Å². The minimum atomic E-state index is -1.56. The summed E-state index contributed by atoms with van der Waals surface area (Å²) < 4.78 is 16.7. The van der Waals surface area contributed by atoms with Gasteiger partial charge in [0.2, 0.25) is 0 Å². The van der Waals surface area contributed by atoms with Crippen molar-refractivity contribution in [1.29, 1.82) is 0 Å². The Labute approximate surface area is 189 Å². The number of nitrogens with zero attached hydrogens (tertiary/aromatic N) is 2. The summed E-state index contributed by atoms with van der Waals surface area (Å²) in [7, 11) is 0. The highest BCUT2D eigenvalue weighted by atomic mass is 19.1. The molecule has 4 aliphatic rings. The van der Waals surface area contributed by atoms with Gasteiger partial charge in [-0.05, 0) is 98.3 Å². The Morgan fingerprint density at radius 2 is 1.97 bits per heavy atom. The van der Waals surface area contributed by atoms with Crippen molar-refractivity contribution < 1.29 is 14.6 Å². The number of hydrogen-bond donors (Lipinski definition) is 2. The fraction of sp³-hybridized carbons (Fsp3) is 0.630. The molecule has 0 saturated heterocycles. The van der Waals surface area contributed by atoms with Crippen LogP contribution in [-0.4, -0.2) is 37.6 Å². The molecule has 0 aliphatic heterocycles. The maximum absolute atomic E-state index is 16.7. The van der Waals surface area contributed by atoms with E-state index in [0.29, 0.717) is 31.6 Å². The molecule has 0 bridgehead atoms. The number of fused-ring (bicyclic) bond motifs is 5. The minimum Gasteiger partial charge on any atom is -0.393 e. The normalized spacial score (nSPS) is 43.7. The molecule has 0 amide bonds. The van der Waals surface area contributed by atoms with E-state index in [0.717, 1.165) is 48.6 Å². The van der Waals surface area contributed by atoms with Gasteiger partial charge >= 0.3 is 0 Å². The van der Waals surface area contributed by atoms with E-state index in [4.69, 9.17) is 0 Å². The summed E-state index contributed by atoms with van der Waals surface area (Å²) in [4.78, 5) is 8.50. The second kappa shape index (κ2) is 7.07. The highest BCUT2D eigenvalue weighted by Gasteiger charge is 2.66. The Kier molecular flexibility index (Phi) is 4.58. The summed E-state index contributed by atoms with van der Waals surface area (Å²) in [5, 5.41) is 23.3. The summed E-state index contributed by atoms with van der Waals surface area (Å²) in [5.41, 5.74) is 0.179. The Balaban J connectivity index is 1.35. The number of hydrogen-bond acceptors (Lipinski definition) is 4. The maximum Gasteiger partial charge on any atom is 0.140 e. The third-order valence-corrected chi connectivity index (χ3v) is 9.74. The van der Waals surface area contributed by atoms with E-state index in [2.05, 4.69) is 35.1 Å². The van der Waals surface area contributed by atoms with Crippen LogP contribution in [-0.2, 0) is 0 Å². The lowest BCUT2D eigenvalue weighted by atomic mass is 9.53. The quantitative estimate of drug-likeness (QED) is 0.642. The van der Waals surface area contributed by atoms with Crippen molar-refractivity contribution in [2.45, 2.75) is 82.1 Å². The molecule has 5 heteroatoms. The molecule has 170 valence electrons. The molecule has 6 rings (SSSR count). The second-order valence-electron chi connectivity index (χ2n) is 11.2. The molecule has 4 aliphatic carbocycles. The molecule has 4 nitrogen and oxygen atoms in total. The lowest BCUT2D eigenvalue weighted by Gasteiger charge is -2.56. The van der Waals surface area contributed by atoms with Gasteiger partial charge < -0.3 is 10.2 Å². The highest BCUT2D eigenvalue weighted by molar-refractivity contribution is 5.84. The first-order valence-electron chi connectivity index (χ1n) is 12.3. The molecule has 32 heavy (non-hydrogen) atoms. The van der Waals surface area contributed by atoms with Crippen molar-refractivity contribution in [2.75, 3.05) is 0 Å². The van der Waals surface area contributed by atoms with Crippen LogP contribution in [0.3, 0.4) is 0 Å². The largest absolute Gasteiger partial charge is 0.393 e. The summed E-state index contributed by atoms with van der Waals surface area (Å²) in [6.45, 7) is 2.24. The van der Waals surface area contributed by atoms with Gasteiger partial charge in [0.25, 0.3) is 0 Å². The van der Waals surface area contributed by atoms with Crippen LogP contribution < -0.4 is 0 Å². The Morgan fingerprint density at radius 1 is 1.09 bits per heavy atom. The number of benzene rings is 1. The number of aliphatic hydroxyl groups is 2. The van der Waals surface area contributed by atoms with Crippen LogP contribution in [0.2, 0.25) is 0 Å². The van der Waals surface area contributed by atoms with Crippen LogP contribution in [0.1, 0.15) is 70.3 Å². The highest BCUT2D eigenvalue weighted by Crippen LogP contribution is 2.66. The second-order valence-corrected chi connectivity index (χ2v) is 11.2. The van der Waals surface area contributed by atoms with Crippen LogP contribution in [0.25, 0.3) is 16.5 Å². The summed E-state index contributed by atoms with van der Waals surface area (Å²) in [6, 6.07) is 6.28. The molecule has 1 aromatic carbocycles. The number of rotatable bonds is 1. The molecule has 7 atom stereocenters. The van der Waals surface area contributed by atoms with Crippen molar-refractivity contribution >= 4 is 16.5 Å². The van der Waals surface area contributed by atoms with Gasteiger partial charge in [-0.2, -0.15) is 0 Å². The molecule has 1 heterocycles. The minimum absolute atomic E-state index is 0.114. The number of aromatic nitrogens is 2. The Morgan fingerprint density at radius 3 is 2.84 bits per heavy atom. The molecule has 1 aromatic heterocycles. The number of aliphatic hydroxyl groups excluding tert-OH is 1. The van der Waals surface area contributed by atoms with Crippen LogP contribution in [0, 0.1) is 23.2 Å². The standard InChI is InChI=1S/C27H33FN2O2/c1-25-10-11-26(28)14-19-13-21(31)4-2-17(19)8-9-27(26,32)24(25)7-5-22(25)18-3-6-23-20(12-18)15-29-16-30-23/h3,5-6,12,15-17,19,21,24,31-32H,2,4,7-11,13-14H2,1H3/t17?,19?,21?,24?,25?,26?,27-/m0/s1. The molecule has 3 fully saturated rings. The summed E-state index contributed by atoms with van der Waals surface area (Å²) in [5.74, 6) is 0.509. The number of alkyl halides is 1. The van der Waals surface area contributed by atoms with Crippen molar-refractivity contribution in [1.82, 2.24) is 9.97 Å². The van der Waals surface area contributed by atoms with E-state index in [1.54, 1.807) is 6.33 Å². The topological polar surface area (TPSA) is 66.2 Å².